The van der Waals surface area contributed by atoms with Gasteiger partial charge in [-0.1, -0.05) is 0 Å². The summed E-state index contributed by atoms with van der Waals surface area (Å²) in [6.45, 7) is 6.90. The van der Waals surface area contributed by atoms with E-state index < -0.39 is 21.9 Å². The topological polar surface area (TPSA) is 61.8 Å². The molecule has 15 heavy (non-hydrogen) atoms. The molecule has 0 fully saturated rings. The summed E-state index contributed by atoms with van der Waals surface area (Å²) in [7, 11) is 1.26. The Bertz CT molecular complexity index is 168. The molecule has 0 saturated heterocycles. The van der Waals surface area contributed by atoms with Gasteiger partial charge in [0, 0.05) is 13.2 Å². The Labute approximate surface area is 97.5 Å². The Morgan fingerprint density at radius 2 is 1.60 bits per heavy atom. The van der Waals surface area contributed by atoms with Crippen molar-refractivity contribution in [3.8, 4) is 0 Å². The summed E-state index contributed by atoms with van der Waals surface area (Å²) in [4.78, 5) is 20.3. The van der Waals surface area contributed by atoms with E-state index >= 15 is 0 Å². The van der Waals surface area contributed by atoms with Gasteiger partial charge in [-0.2, -0.15) is 0 Å². The third-order valence-corrected chi connectivity index (χ3v) is 2.35. The minimum atomic E-state index is -0.589. The number of hydrogen-bond acceptors (Lipinski definition) is 5. The minimum Gasteiger partial charge on any atom is -0.481 e. The third-order valence-electron chi connectivity index (χ3n) is 1.20. The zero-order chi connectivity index (χ0) is 12.1. The lowest BCUT2D eigenvalue weighted by molar-refractivity contribution is -0.142. The molecule has 0 atom stereocenters. The lowest BCUT2D eigenvalue weighted by Gasteiger charge is -1.95. The standard InChI is InChI=1S/C5H8O3.2C2H5O.Al.H/c1-4(6)3-5(7)8-2;2*1-2-3;;/h3H2,1-2H3;2*2H2,1H3;;/q;2*-1;+2;. The van der Waals surface area contributed by atoms with Crippen molar-refractivity contribution in [3.63, 3.8) is 0 Å². The van der Waals surface area contributed by atoms with Crippen molar-refractivity contribution in [2.75, 3.05) is 20.3 Å². The summed E-state index contributed by atoms with van der Waals surface area (Å²) in [5.41, 5.74) is 0. The van der Waals surface area contributed by atoms with Crippen LogP contribution in [0.2, 0.25) is 0 Å². The fraction of sp³-hybridized carbons (Fsp3) is 0.778. The van der Waals surface area contributed by atoms with Gasteiger partial charge in [0.2, 0.25) is 0 Å². The molecule has 0 aromatic heterocycles. The van der Waals surface area contributed by atoms with Crippen molar-refractivity contribution in [1.82, 2.24) is 0 Å². The van der Waals surface area contributed by atoms with Crippen LogP contribution in [0.1, 0.15) is 27.2 Å². The maximum Gasteiger partial charge on any atom is 0.649 e. The molecule has 0 unspecified atom stereocenters. The van der Waals surface area contributed by atoms with Crippen LogP contribution in [0.5, 0.6) is 0 Å². The number of rotatable bonds is 6. The summed E-state index contributed by atoms with van der Waals surface area (Å²) in [6.07, 6.45) is -0.115. The van der Waals surface area contributed by atoms with E-state index in [0.29, 0.717) is 0 Å². The second-order valence-corrected chi connectivity index (χ2v) is 3.61. The normalized spacial score (nSPS) is 8.53. The van der Waals surface area contributed by atoms with Crippen molar-refractivity contribution in [2.24, 2.45) is 0 Å². The van der Waals surface area contributed by atoms with Crippen molar-refractivity contribution in [1.29, 1.82) is 0 Å². The predicted molar refractivity (Wildman–Crippen MR) is 57.7 cm³/mol. The van der Waals surface area contributed by atoms with E-state index in [1.807, 2.05) is 13.8 Å². The second-order valence-electron chi connectivity index (χ2n) is 2.56. The molecule has 0 heterocycles. The van der Waals surface area contributed by atoms with Gasteiger partial charge in [-0.3, -0.25) is 9.59 Å². The van der Waals surface area contributed by atoms with Crippen LogP contribution in [0, 0.1) is 0 Å². The van der Waals surface area contributed by atoms with Crippen molar-refractivity contribution in [3.05, 3.63) is 0 Å². The highest BCUT2D eigenvalue weighted by Crippen LogP contribution is 1.83. The fourth-order valence-electron chi connectivity index (χ4n) is 0.501. The molecule has 0 aromatic rings. The summed E-state index contributed by atoms with van der Waals surface area (Å²) >= 11 is -0.589. The summed E-state index contributed by atoms with van der Waals surface area (Å²) < 4.78 is 14.2. The molecule has 0 amide bonds. The Balaban J connectivity index is 0. The van der Waals surface area contributed by atoms with Gasteiger partial charge in [-0.25, -0.2) is 0 Å². The molecule has 0 saturated carbocycles. The minimum absolute atomic E-state index is 0.115. The number of carbonyl (C=O) groups excluding carboxylic acids is 2. The van der Waals surface area contributed by atoms with E-state index in [1.165, 1.54) is 14.0 Å². The molecule has 6 heteroatoms. The van der Waals surface area contributed by atoms with Crippen LogP contribution < -0.4 is 0 Å². The molecule has 0 radical (unpaired) electrons. The number of hydrogen-bond donors (Lipinski definition) is 0. The summed E-state index contributed by atoms with van der Waals surface area (Å²) in [5, 5.41) is 0. The van der Waals surface area contributed by atoms with Gasteiger partial charge in [-0.15, -0.1) is 0 Å². The quantitative estimate of drug-likeness (QED) is 0.289. The molecule has 5 nitrogen and oxygen atoms in total. The van der Waals surface area contributed by atoms with Crippen molar-refractivity contribution < 1.29 is 21.9 Å². The first-order chi connectivity index (χ1) is 7.08. The molecule has 0 spiro atoms. The summed E-state index contributed by atoms with van der Waals surface area (Å²) in [6, 6.07) is 0. The maximum atomic E-state index is 10.2. The lowest BCUT2D eigenvalue weighted by atomic mass is 10.3. The lowest BCUT2D eigenvalue weighted by Crippen LogP contribution is -2.05. The van der Waals surface area contributed by atoms with Crippen LogP contribution in [0.25, 0.3) is 0 Å². The zero-order valence-electron chi connectivity index (χ0n) is 9.87. The van der Waals surface area contributed by atoms with Gasteiger partial charge in [-0.05, 0) is 20.8 Å². The van der Waals surface area contributed by atoms with Crippen LogP contribution in [0.15, 0.2) is 0 Å². The van der Waals surface area contributed by atoms with Gasteiger partial charge in [0.1, 0.15) is 12.2 Å². The number of esters is 1. The van der Waals surface area contributed by atoms with Crippen molar-refractivity contribution >= 4 is 27.6 Å². The molecule has 0 bridgehead atoms. The number of ketones is 1. The van der Waals surface area contributed by atoms with Crippen LogP contribution >= 0.6 is 0 Å². The molecule has 0 aromatic carbocycles. The van der Waals surface area contributed by atoms with Gasteiger partial charge in [0.05, 0.1) is 7.11 Å². The molecule has 0 aliphatic heterocycles. The Kier molecular flexibility index (Phi) is 15.4. The molecule has 0 aliphatic rings. The fourth-order valence-corrected chi connectivity index (χ4v) is 0.952. The molecule has 88 valence electrons. The van der Waals surface area contributed by atoms with Crippen LogP contribution in [-0.2, 0) is 21.9 Å². The molecular formula is C9H19AlO5. The number of Topliss-reactive ketones (excluding diaryl/α,β-unsaturated/α-hetero) is 1. The predicted octanol–water partition coefficient (Wildman–Crippen LogP) is 0.464. The van der Waals surface area contributed by atoms with E-state index in [4.69, 9.17) is 7.58 Å². The van der Waals surface area contributed by atoms with Gasteiger partial charge in [0.15, 0.2) is 0 Å². The molecular weight excluding hydrogens is 215 g/mol. The molecule has 0 aliphatic carbocycles. The number of methoxy groups -OCH3 is 1. The van der Waals surface area contributed by atoms with E-state index in [-0.39, 0.29) is 12.2 Å². The van der Waals surface area contributed by atoms with E-state index in [0.717, 1.165) is 13.2 Å². The Hall–Kier alpha value is -0.408. The largest absolute Gasteiger partial charge is 0.649 e. The average Bonchev–Trinajstić information content (AvgIpc) is 2.18. The SMILES string of the molecule is CC[O][AlH][O]CC.COC(=O)CC(C)=O. The van der Waals surface area contributed by atoms with Gasteiger partial charge < -0.3 is 12.3 Å². The molecule has 0 N–H and O–H groups in total. The average molecular weight is 234 g/mol. The van der Waals surface area contributed by atoms with Crippen LogP contribution in [-0.4, -0.2) is 48.0 Å². The number of carbonyl (C=O) groups is 2. The van der Waals surface area contributed by atoms with Crippen LogP contribution in [0.3, 0.4) is 0 Å². The van der Waals surface area contributed by atoms with Crippen LogP contribution in [0.4, 0.5) is 0 Å². The molecule has 0 rings (SSSR count). The smallest absolute Gasteiger partial charge is 0.481 e. The van der Waals surface area contributed by atoms with Crippen molar-refractivity contribution in [2.45, 2.75) is 27.2 Å². The number of ether oxygens (including phenoxy) is 1. The first-order valence-electron chi connectivity index (χ1n) is 4.80. The Morgan fingerprint density at radius 1 is 1.13 bits per heavy atom. The summed E-state index contributed by atoms with van der Waals surface area (Å²) in [5.74, 6) is -0.644. The highest BCUT2D eigenvalue weighted by molar-refractivity contribution is 6.17. The second kappa shape index (κ2) is 13.6. The first kappa shape index (κ1) is 17.0. The van der Waals surface area contributed by atoms with E-state index in [1.54, 1.807) is 0 Å². The van der Waals surface area contributed by atoms with Gasteiger partial charge >= 0.3 is 21.9 Å². The third kappa shape index (κ3) is 19.9. The van der Waals surface area contributed by atoms with E-state index in [9.17, 15) is 9.59 Å². The highest BCUT2D eigenvalue weighted by Gasteiger charge is 2.01. The monoisotopic (exact) mass is 234 g/mol. The highest BCUT2D eigenvalue weighted by atomic mass is 27.2. The zero-order valence-corrected chi connectivity index (χ0v) is 11.3. The Morgan fingerprint density at radius 3 is 1.80 bits per heavy atom. The first-order valence-corrected chi connectivity index (χ1v) is 5.95. The maximum absolute atomic E-state index is 10.2. The van der Waals surface area contributed by atoms with E-state index in [2.05, 4.69) is 4.74 Å². The van der Waals surface area contributed by atoms with Gasteiger partial charge in [0.25, 0.3) is 0 Å².